The Bertz CT molecular complexity index is 618. The third-order valence-corrected chi connectivity index (χ3v) is 4.02. The molecule has 0 bridgehead atoms. The minimum Gasteiger partial charge on any atom is -0.505 e. The second-order valence-corrected chi connectivity index (χ2v) is 6.75. The standard InChI is InChI=1S/C9H12O7S2/c1-5(2)6-3-7(17(11,12)13)9(10)8(4-6)18(14,15)16/h3-5,10H,1-2H3,(H,11,12,13)(H,14,15,16). The number of rotatable bonds is 3. The van der Waals surface area contributed by atoms with Crippen molar-refractivity contribution >= 4 is 20.2 Å². The van der Waals surface area contributed by atoms with Crippen LogP contribution in [0.5, 0.6) is 5.75 Å². The van der Waals surface area contributed by atoms with Crippen molar-refractivity contribution in [3.05, 3.63) is 17.7 Å². The molecule has 0 aliphatic heterocycles. The van der Waals surface area contributed by atoms with Gasteiger partial charge in [0, 0.05) is 0 Å². The molecular formula is C9H12O7S2. The number of hydrogen-bond donors (Lipinski definition) is 3. The van der Waals surface area contributed by atoms with Gasteiger partial charge in [-0.2, -0.15) is 16.8 Å². The van der Waals surface area contributed by atoms with Crippen LogP contribution in [0, 0.1) is 0 Å². The van der Waals surface area contributed by atoms with E-state index in [1.54, 1.807) is 13.8 Å². The Balaban J connectivity index is 3.82. The molecule has 102 valence electrons. The molecule has 0 radical (unpaired) electrons. The van der Waals surface area contributed by atoms with Gasteiger partial charge in [0.15, 0.2) is 5.75 Å². The molecule has 9 heteroatoms. The van der Waals surface area contributed by atoms with Gasteiger partial charge in [0.2, 0.25) is 0 Å². The lowest BCUT2D eigenvalue weighted by molar-refractivity contribution is 0.422. The van der Waals surface area contributed by atoms with Crippen molar-refractivity contribution < 1.29 is 31.0 Å². The molecule has 0 heterocycles. The number of aromatic hydroxyl groups is 1. The summed E-state index contributed by atoms with van der Waals surface area (Å²) in [5.41, 5.74) is 0.230. The number of hydrogen-bond acceptors (Lipinski definition) is 5. The van der Waals surface area contributed by atoms with Gasteiger partial charge in [-0.3, -0.25) is 9.11 Å². The first kappa shape index (κ1) is 14.9. The molecule has 1 rings (SSSR count). The fraction of sp³-hybridized carbons (Fsp3) is 0.333. The zero-order valence-electron chi connectivity index (χ0n) is 9.52. The van der Waals surface area contributed by atoms with Crippen LogP contribution in [0.25, 0.3) is 0 Å². The van der Waals surface area contributed by atoms with E-state index in [2.05, 4.69) is 0 Å². The smallest absolute Gasteiger partial charge is 0.298 e. The van der Waals surface area contributed by atoms with Gasteiger partial charge >= 0.3 is 0 Å². The highest BCUT2D eigenvalue weighted by atomic mass is 32.2. The van der Waals surface area contributed by atoms with Crippen LogP contribution in [0.1, 0.15) is 25.3 Å². The van der Waals surface area contributed by atoms with Crippen LogP contribution >= 0.6 is 0 Å². The Morgan fingerprint density at radius 2 is 1.28 bits per heavy atom. The van der Waals surface area contributed by atoms with Crippen LogP contribution in [-0.2, 0) is 20.2 Å². The number of phenolic OH excluding ortho intramolecular Hbond substituents is 1. The minimum atomic E-state index is -4.80. The maximum atomic E-state index is 11.0. The summed E-state index contributed by atoms with van der Waals surface area (Å²) in [7, 11) is -9.60. The maximum absolute atomic E-state index is 11.0. The zero-order valence-corrected chi connectivity index (χ0v) is 11.2. The van der Waals surface area contributed by atoms with E-state index in [-0.39, 0.29) is 11.5 Å². The topological polar surface area (TPSA) is 129 Å². The Hall–Kier alpha value is -1.16. The molecule has 0 aliphatic rings. The van der Waals surface area contributed by atoms with Gasteiger partial charge in [-0.25, -0.2) is 0 Å². The lowest BCUT2D eigenvalue weighted by atomic mass is 10.0. The Kier molecular flexibility index (Phi) is 3.73. The molecule has 0 spiro atoms. The van der Waals surface area contributed by atoms with Gasteiger partial charge < -0.3 is 5.11 Å². The number of benzene rings is 1. The summed E-state index contributed by atoms with van der Waals surface area (Å²) in [5, 5.41) is 9.49. The molecule has 0 saturated heterocycles. The van der Waals surface area contributed by atoms with Crippen LogP contribution in [0.3, 0.4) is 0 Å². The first-order valence-electron chi connectivity index (χ1n) is 4.76. The summed E-state index contributed by atoms with van der Waals surface area (Å²) < 4.78 is 61.9. The average molecular weight is 296 g/mol. The third-order valence-electron chi connectivity index (χ3n) is 2.28. The van der Waals surface area contributed by atoms with E-state index in [4.69, 9.17) is 9.11 Å². The Morgan fingerprint density at radius 3 is 1.50 bits per heavy atom. The van der Waals surface area contributed by atoms with E-state index in [0.717, 1.165) is 12.1 Å². The highest BCUT2D eigenvalue weighted by Crippen LogP contribution is 2.33. The maximum Gasteiger partial charge on any atom is 0.298 e. The van der Waals surface area contributed by atoms with E-state index >= 15 is 0 Å². The third kappa shape index (κ3) is 2.99. The highest BCUT2D eigenvalue weighted by Gasteiger charge is 2.26. The molecule has 3 N–H and O–H groups in total. The fourth-order valence-corrected chi connectivity index (χ4v) is 2.67. The lowest BCUT2D eigenvalue weighted by Gasteiger charge is -2.11. The second kappa shape index (κ2) is 4.50. The van der Waals surface area contributed by atoms with Crippen molar-refractivity contribution in [2.75, 3.05) is 0 Å². The van der Waals surface area contributed by atoms with Gasteiger partial charge in [-0.15, -0.1) is 0 Å². The van der Waals surface area contributed by atoms with Gasteiger partial charge in [0.25, 0.3) is 20.2 Å². The number of phenols is 1. The van der Waals surface area contributed by atoms with E-state index < -0.39 is 35.8 Å². The molecular weight excluding hydrogens is 284 g/mol. The molecule has 0 saturated carbocycles. The summed E-state index contributed by atoms with van der Waals surface area (Å²) >= 11 is 0. The molecule has 7 nitrogen and oxygen atoms in total. The minimum absolute atomic E-state index is 0.230. The molecule has 0 amide bonds. The summed E-state index contributed by atoms with van der Waals surface area (Å²) in [6, 6.07) is 1.90. The average Bonchev–Trinajstić information content (AvgIpc) is 2.13. The largest absolute Gasteiger partial charge is 0.505 e. The second-order valence-electron chi connectivity index (χ2n) is 3.97. The molecule has 0 atom stereocenters. The van der Waals surface area contributed by atoms with E-state index in [9.17, 15) is 21.9 Å². The van der Waals surface area contributed by atoms with Crippen molar-refractivity contribution in [1.82, 2.24) is 0 Å². The SMILES string of the molecule is CC(C)c1cc(S(=O)(=O)O)c(O)c(S(=O)(=O)O)c1. The Morgan fingerprint density at radius 1 is 0.944 bits per heavy atom. The van der Waals surface area contributed by atoms with E-state index in [0.29, 0.717) is 0 Å². The summed E-state index contributed by atoms with van der Waals surface area (Å²) in [5.74, 6) is -1.48. The highest BCUT2D eigenvalue weighted by molar-refractivity contribution is 7.86. The zero-order chi connectivity index (χ0) is 14.3. The normalized spacial score (nSPS) is 12.9. The summed E-state index contributed by atoms with van der Waals surface area (Å²) in [6.07, 6.45) is 0. The first-order valence-corrected chi connectivity index (χ1v) is 7.64. The molecule has 18 heavy (non-hydrogen) atoms. The quantitative estimate of drug-likeness (QED) is 0.710. The monoisotopic (exact) mass is 296 g/mol. The van der Waals surface area contributed by atoms with Crippen LogP contribution in [0.15, 0.2) is 21.9 Å². The van der Waals surface area contributed by atoms with Crippen molar-refractivity contribution in [2.45, 2.75) is 29.6 Å². The molecule has 0 aromatic heterocycles. The van der Waals surface area contributed by atoms with Crippen LogP contribution in [0.2, 0.25) is 0 Å². The predicted molar refractivity (Wildman–Crippen MR) is 61.8 cm³/mol. The van der Waals surface area contributed by atoms with Crippen LogP contribution in [0.4, 0.5) is 0 Å². The van der Waals surface area contributed by atoms with Gasteiger partial charge in [0.05, 0.1) is 0 Å². The molecule has 0 aliphatic carbocycles. The molecule has 1 aromatic rings. The van der Waals surface area contributed by atoms with Crippen molar-refractivity contribution in [3.63, 3.8) is 0 Å². The fourth-order valence-electron chi connectivity index (χ4n) is 1.33. The van der Waals surface area contributed by atoms with E-state index in [1.807, 2.05) is 0 Å². The van der Waals surface area contributed by atoms with Crippen LogP contribution < -0.4 is 0 Å². The van der Waals surface area contributed by atoms with Gasteiger partial charge in [-0.05, 0) is 23.6 Å². The summed E-state index contributed by atoms with van der Waals surface area (Å²) in [6.45, 7) is 3.29. The first-order chi connectivity index (χ1) is 7.94. The van der Waals surface area contributed by atoms with Gasteiger partial charge in [0.1, 0.15) is 9.79 Å². The van der Waals surface area contributed by atoms with Crippen molar-refractivity contribution in [3.8, 4) is 5.75 Å². The predicted octanol–water partition coefficient (Wildman–Crippen LogP) is 1.01. The lowest BCUT2D eigenvalue weighted by Crippen LogP contribution is -2.06. The van der Waals surface area contributed by atoms with Crippen LogP contribution in [-0.4, -0.2) is 31.0 Å². The van der Waals surface area contributed by atoms with Crippen molar-refractivity contribution in [2.24, 2.45) is 0 Å². The van der Waals surface area contributed by atoms with E-state index in [1.165, 1.54) is 0 Å². The molecule has 0 unspecified atom stereocenters. The Labute approximate surface area is 105 Å². The molecule has 1 aromatic carbocycles. The summed E-state index contributed by atoms with van der Waals surface area (Å²) in [4.78, 5) is -1.91. The van der Waals surface area contributed by atoms with Gasteiger partial charge in [-0.1, -0.05) is 13.8 Å². The molecule has 0 fully saturated rings. The van der Waals surface area contributed by atoms with Crippen molar-refractivity contribution in [1.29, 1.82) is 0 Å².